The Kier molecular flexibility index (Phi) is 4.31. The number of fused-ring (bicyclic) bond motifs is 1. The molecule has 0 radical (unpaired) electrons. The minimum absolute atomic E-state index is 0.136. The number of hydrogen-bond acceptors (Lipinski definition) is 5. The second kappa shape index (κ2) is 6.14. The van der Waals surface area contributed by atoms with E-state index in [-0.39, 0.29) is 18.0 Å². The van der Waals surface area contributed by atoms with Crippen molar-refractivity contribution in [1.29, 1.82) is 0 Å². The smallest absolute Gasteiger partial charge is 0.273 e. The number of amides is 2. The van der Waals surface area contributed by atoms with Crippen LogP contribution in [0.25, 0.3) is 0 Å². The predicted molar refractivity (Wildman–Crippen MR) is 90.8 cm³/mol. The van der Waals surface area contributed by atoms with E-state index in [4.69, 9.17) is 5.11 Å². The number of aliphatic imine (C=N–C) groups is 1. The molecule has 1 N–H and O–H groups in total. The van der Waals surface area contributed by atoms with Gasteiger partial charge in [0.1, 0.15) is 23.7 Å². The number of benzene rings is 1. The molecule has 2 atom stereocenters. The SMILES string of the molecule is CC1(C)SC2C(=NC(=O)Cc3ccccc3)C(=O)N2C1C(=O)CO. The van der Waals surface area contributed by atoms with Crippen molar-refractivity contribution in [3.05, 3.63) is 35.9 Å². The summed E-state index contributed by atoms with van der Waals surface area (Å²) in [5.41, 5.74) is 1.03. The molecule has 1 aromatic rings. The van der Waals surface area contributed by atoms with Crippen LogP contribution < -0.4 is 0 Å². The van der Waals surface area contributed by atoms with E-state index in [1.54, 1.807) is 0 Å². The molecule has 2 saturated heterocycles. The van der Waals surface area contributed by atoms with Crippen LogP contribution in [-0.4, -0.2) is 56.1 Å². The Hall–Kier alpha value is -1.99. The number of aliphatic hydroxyl groups excluding tert-OH is 1. The fourth-order valence-electron chi connectivity index (χ4n) is 3.14. The van der Waals surface area contributed by atoms with Crippen molar-refractivity contribution < 1.29 is 19.5 Å². The highest BCUT2D eigenvalue weighted by Gasteiger charge is 2.61. The first-order valence-electron chi connectivity index (χ1n) is 7.64. The minimum atomic E-state index is -0.687. The molecule has 2 heterocycles. The Bertz CT molecular complexity index is 729. The largest absolute Gasteiger partial charge is 0.388 e. The Balaban J connectivity index is 1.77. The highest BCUT2D eigenvalue weighted by molar-refractivity contribution is 8.02. The van der Waals surface area contributed by atoms with Gasteiger partial charge in [-0.25, -0.2) is 4.99 Å². The number of thioether (sulfide) groups is 1. The van der Waals surface area contributed by atoms with E-state index in [1.165, 1.54) is 16.7 Å². The third-order valence-electron chi connectivity index (χ3n) is 4.20. The number of aliphatic hydroxyl groups is 1. The first kappa shape index (κ1) is 16.9. The van der Waals surface area contributed by atoms with Crippen molar-refractivity contribution in [3.63, 3.8) is 0 Å². The average Bonchev–Trinajstić information content (AvgIpc) is 2.81. The van der Waals surface area contributed by atoms with E-state index in [1.807, 2.05) is 44.2 Å². The lowest BCUT2D eigenvalue weighted by atomic mass is 9.94. The molecule has 3 rings (SSSR count). The molecule has 6 nitrogen and oxygen atoms in total. The van der Waals surface area contributed by atoms with E-state index in [2.05, 4.69) is 4.99 Å². The van der Waals surface area contributed by atoms with E-state index in [9.17, 15) is 14.4 Å². The summed E-state index contributed by atoms with van der Waals surface area (Å²) >= 11 is 1.42. The second-order valence-corrected chi connectivity index (χ2v) is 8.10. The van der Waals surface area contributed by atoms with Gasteiger partial charge in [-0.2, -0.15) is 0 Å². The summed E-state index contributed by atoms with van der Waals surface area (Å²) in [4.78, 5) is 41.8. The number of rotatable bonds is 4. The molecule has 0 aliphatic carbocycles. The summed E-state index contributed by atoms with van der Waals surface area (Å²) in [6, 6.07) is 8.52. The quantitative estimate of drug-likeness (QED) is 0.816. The van der Waals surface area contributed by atoms with Crippen molar-refractivity contribution >= 4 is 35.1 Å². The van der Waals surface area contributed by atoms with Crippen LogP contribution in [0.4, 0.5) is 0 Å². The van der Waals surface area contributed by atoms with Crippen LogP contribution in [0.15, 0.2) is 35.3 Å². The summed E-state index contributed by atoms with van der Waals surface area (Å²) in [5.74, 6) is -1.16. The molecule has 2 amide bonds. The van der Waals surface area contributed by atoms with E-state index in [0.29, 0.717) is 0 Å². The zero-order valence-corrected chi connectivity index (χ0v) is 14.2. The molecule has 2 aliphatic heterocycles. The lowest BCUT2D eigenvalue weighted by Gasteiger charge is -2.38. The van der Waals surface area contributed by atoms with Crippen molar-refractivity contribution in [3.8, 4) is 0 Å². The lowest BCUT2D eigenvalue weighted by Crippen LogP contribution is -2.63. The fourth-order valence-corrected chi connectivity index (χ4v) is 4.68. The average molecular weight is 346 g/mol. The summed E-state index contributed by atoms with van der Waals surface area (Å²) < 4.78 is -0.528. The van der Waals surface area contributed by atoms with Gasteiger partial charge in [-0.1, -0.05) is 30.3 Å². The zero-order valence-electron chi connectivity index (χ0n) is 13.4. The Morgan fingerprint density at radius 3 is 2.58 bits per heavy atom. The predicted octanol–water partition coefficient (Wildman–Crippen LogP) is 0.820. The molecular weight excluding hydrogens is 328 g/mol. The van der Waals surface area contributed by atoms with Crippen LogP contribution in [-0.2, 0) is 20.8 Å². The van der Waals surface area contributed by atoms with E-state index >= 15 is 0 Å². The molecule has 2 aliphatic rings. The number of β-lactam (4-membered cyclic amide) rings is 1. The van der Waals surface area contributed by atoms with Gasteiger partial charge in [0.15, 0.2) is 5.78 Å². The van der Waals surface area contributed by atoms with Crippen molar-refractivity contribution in [2.75, 3.05) is 6.61 Å². The lowest BCUT2D eigenvalue weighted by molar-refractivity contribution is -0.139. The zero-order chi connectivity index (χ0) is 17.5. The Morgan fingerprint density at radius 2 is 1.96 bits per heavy atom. The summed E-state index contributed by atoms with van der Waals surface area (Å²) in [6.07, 6.45) is 0.136. The van der Waals surface area contributed by atoms with Crippen LogP contribution in [0.5, 0.6) is 0 Å². The maximum absolute atomic E-state index is 12.3. The number of Topliss-reactive ketones (excluding diaryl/α,β-unsaturated/α-hetero) is 1. The van der Waals surface area contributed by atoms with E-state index < -0.39 is 34.5 Å². The number of hydrogen-bond donors (Lipinski definition) is 1. The molecule has 0 aromatic heterocycles. The Labute approximate surface area is 143 Å². The summed E-state index contributed by atoms with van der Waals surface area (Å²) in [7, 11) is 0. The molecule has 7 heteroatoms. The first-order valence-corrected chi connectivity index (χ1v) is 8.52. The number of ketones is 1. The van der Waals surface area contributed by atoms with Crippen LogP contribution in [0.1, 0.15) is 19.4 Å². The maximum Gasteiger partial charge on any atom is 0.273 e. The van der Waals surface area contributed by atoms with Gasteiger partial charge in [-0.3, -0.25) is 14.4 Å². The van der Waals surface area contributed by atoms with Crippen LogP contribution in [0, 0.1) is 0 Å². The summed E-state index contributed by atoms with van der Waals surface area (Å²) in [6.45, 7) is 3.10. The molecule has 0 saturated carbocycles. The number of nitrogens with zero attached hydrogens (tertiary/aromatic N) is 2. The molecule has 0 bridgehead atoms. The van der Waals surface area contributed by atoms with Gasteiger partial charge in [-0.05, 0) is 19.4 Å². The van der Waals surface area contributed by atoms with Gasteiger partial charge in [0.05, 0.1) is 6.42 Å². The molecule has 126 valence electrons. The normalized spacial score (nSPS) is 26.2. The topological polar surface area (TPSA) is 87.0 Å². The van der Waals surface area contributed by atoms with Gasteiger partial charge < -0.3 is 10.0 Å². The number of carbonyl (C=O) groups excluding carboxylic acids is 3. The Morgan fingerprint density at radius 1 is 1.29 bits per heavy atom. The third-order valence-corrected chi connectivity index (χ3v) is 5.70. The van der Waals surface area contributed by atoms with Crippen molar-refractivity contribution in [2.45, 2.75) is 36.4 Å². The minimum Gasteiger partial charge on any atom is -0.388 e. The van der Waals surface area contributed by atoms with E-state index in [0.717, 1.165) is 5.56 Å². The molecule has 24 heavy (non-hydrogen) atoms. The fraction of sp³-hybridized carbons (Fsp3) is 0.412. The molecular formula is C17H18N2O4S. The van der Waals surface area contributed by atoms with Crippen LogP contribution in [0.3, 0.4) is 0 Å². The van der Waals surface area contributed by atoms with Gasteiger partial charge in [0.25, 0.3) is 11.8 Å². The van der Waals surface area contributed by atoms with Gasteiger partial charge >= 0.3 is 0 Å². The molecule has 0 spiro atoms. The first-order chi connectivity index (χ1) is 11.3. The monoisotopic (exact) mass is 346 g/mol. The molecule has 2 unspecified atom stereocenters. The highest BCUT2D eigenvalue weighted by Crippen LogP contribution is 2.49. The van der Waals surface area contributed by atoms with Crippen LogP contribution >= 0.6 is 11.8 Å². The molecule has 1 aromatic carbocycles. The second-order valence-electron chi connectivity index (χ2n) is 6.37. The van der Waals surface area contributed by atoms with Crippen molar-refractivity contribution in [1.82, 2.24) is 4.90 Å². The molecule has 2 fully saturated rings. The van der Waals surface area contributed by atoms with Crippen LogP contribution in [0.2, 0.25) is 0 Å². The number of carbonyl (C=O) groups is 3. The summed E-state index contributed by atoms with van der Waals surface area (Å²) in [5, 5.41) is 8.74. The van der Waals surface area contributed by atoms with Crippen molar-refractivity contribution in [2.24, 2.45) is 4.99 Å². The third kappa shape index (κ3) is 2.78. The van der Waals surface area contributed by atoms with Gasteiger partial charge in [0.2, 0.25) is 0 Å². The standard InChI is InChI=1S/C17H18N2O4S/c1-17(2)14(11(21)9-20)19-15(23)13(16(19)24-17)18-12(22)8-10-6-4-3-5-7-10/h3-7,14,16,20H,8-9H2,1-2H3. The highest BCUT2D eigenvalue weighted by atomic mass is 32.2. The van der Waals surface area contributed by atoms with Gasteiger partial charge in [-0.15, -0.1) is 11.8 Å². The maximum atomic E-state index is 12.3. The van der Waals surface area contributed by atoms with Gasteiger partial charge in [0, 0.05) is 4.75 Å².